The average molecular weight is 332 g/mol. The molecule has 0 radical (unpaired) electrons. The normalized spacial score (nSPS) is 16.6. The third-order valence-corrected chi connectivity index (χ3v) is 4.94. The molecule has 0 bridgehead atoms. The van der Waals surface area contributed by atoms with E-state index in [2.05, 4.69) is 29.7 Å². The second kappa shape index (κ2) is 10.3. The molecule has 0 spiro atoms. The topological polar surface area (TPSA) is 50.4 Å². The first-order chi connectivity index (χ1) is 11.7. The van der Waals surface area contributed by atoms with Gasteiger partial charge in [0.25, 0.3) is 0 Å². The molecule has 1 aromatic rings. The fourth-order valence-corrected chi connectivity index (χ4v) is 3.34. The van der Waals surface area contributed by atoms with E-state index in [1.807, 2.05) is 12.1 Å². The van der Waals surface area contributed by atoms with Gasteiger partial charge >= 0.3 is 0 Å². The molecule has 0 aromatic heterocycles. The maximum Gasteiger partial charge on any atom is 0.220 e. The molecule has 1 aliphatic heterocycles. The second-order valence-electron chi connectivity index (χ2n) is 6.77. The van der Waals surface area contributed by atoms with Crippen molar-refractivity contribution in [2.24, 2.45) is 5.92 Å². The van der Waals surface area contributed by atoms with Crippen LogP contribution in [0.2, 0.25) is 0 Å². The third kappa shape index (κ3) is 6.16. The van der Waals surface area contributed by atoms with Crippen molar-refractivity contribution in [1.29, 1.82) is 0 Å². The lowest BCUT2D eigenvalue weighted by atomic mass is 9.93. The highest BCUT2D eigenvalue weighted by molar-refractivity contribution is 5.76. The van der Waals surface area contributed by atoms with Gasteiger partial charge in [0.2, 0.25) is 5.91 Å². The number of carbonyl (C=O) groups excluding carboxylic acids is 1. The van der Waals surface area contributed by atoms with Crippen molar-refractivity contribution in [2.45, 2.75) is 57.9 Å². The summed E-state index contributed by atoms with van der Waals surface area (Å²) < 4.78 is 5.22. The molecule has 1 amide bonds. The van der Waals surface area contributed by atoms with Crippen molar-refractivity contribution in [3.8, 4) is 5.75 Å². The smallest absolute Gasteiger partial charge is 0.220 e. The number of ether oxygens (including phenoxy) is 1. The SMILES string of the molecule is CCCCC(NC(=O)CCC1CCNCC1)c1ccc(OC)cc1. The molecule has 1 fully saturated rings. The molecule has 2 rings (SSSR count). The molecule has 1 aromatic carbocycles. The van der Waals surface area contributed by atoms with Gasteiger partial charge in [0, 0.05) is 6.42 Å². The molecule has 1 heterocycles. The summed E-state index contributed by atoms with van der Waals surface area (Å²) in [6, 6.07) is 8.17. The van der Waals surface area contributed by atoms with E-state index in [0.29, 0.717) is 12.3 Å². The predicted molar refractivity (Wildman–Crippen MR) is 98.2 cm³/mol. The van der Waals surface area contributed by atoms with Crippen molar-refractivity contribution < 1.29 is 9.53 Å². The molecule has 1 aliphatic rings. The third-order valence-electron chi connectivity index (χ3n) is 4.94. The molecule has 0 aliphatic carbocycles. The number of methoxy groups -OCH3 is 1. The molecule has 24 heavy (non-hydrogen) atoms. The van der Waals surface area contributed by atoms with Gasteiger partial charge in [0.05, 0.1) is 13.2 Å². The van der Waals surface area contributed by atoms with Crippen LogP contribution < -0.4 is 15.4 Å². The Labute approximate surface area is 146 Å². The summed E-state index contributed by atoms with van der Waals surface area (Å²) in [5.74, 6) is 1.74. The zero-order valence-corrected chi connectivity index (χ0v) is 15.1. The van der Waals surface area contributed by atoms with Crippen molar-refractivity contribution in [3.63, 3.8) is 0 Å². The van der Waals surface area contributed by atoms with Crippen LogP contribution in [-0.2, 0) is 4.79 Å². The first-order valence-corrected chi connectivity index (χ1v) is 9.37. The molecular formula is C20H32N2O2. The van der Waals surface area contributed by atoms with Gasteiger partial charge in [-0.2, -0.15) is 0 Å². The Bertz CT molecular complexity index is 481. The Kier molecular flexibility index (Phi) is 8.10. The molecule has 1 atom stereocenters. The summed E-state index contributed by atoms with van der Waals surface area (Å²) >= 11 is 0. The standard InChI is InChI=1S/C20H32N2O2/c1-3-4-5-19(17-7-9-18(24-2)10-8-17)22-20(23)11-6-16-12-14-21-15-13-16/h7-10,16,19,21H,3-6,11-15H2,1-2H3,(H,22,23). The van der Waals surface area contributed by atoms with E-state index >= 15 is 0 Å². The monoisotopic (exact) mass is 332 g/mol. The van der Waals surface area contributed by atoms with E-state index in [4.69, 9.17) is 4.74 Å². The quantitative estimate of drug-likeness (QED) is 0.723. The Morgan fingerprint density at radius 1 is 1.29 bits per heavy atom. The summed E-state index contributed by atoms with van der Waals surface area (Å²) in [5, 5.41) is 6.63. The van der Waals surface area contributed by atoms with Gasteiger partial charge in [-0.1, -0.05) is 31.9 Å². The molecular weight excluding hydrogens is 300 g/mol. The minimum absolute atomic E-state index is 0.108. The van der Waals surface area contributed by atoms with Gasteiger partial charge in [-0.25, -0.2) is 0 Å². The van der Waals surface area contributed by atoms with E-state index < -0.39 is 0 Å². The number of nitrogens with one attached hydrogen (secondary N) is 2. The summed E-state index contributed by atoms with van der Waals surface area (Å²) in [5.41, 5.74) is 1.17. The minimum Gasteiger partial charge on any atom is -0.497 e. The van der Waals surface area contributed by atoms with E-state index in [1.165, 1.54) is 18.4 Å². The van der Waals surface area contributed by atoms with E-state index in [0.717, 1.165) is 44.5 Å². The van der Waals surface area contributed by atoms with Gasteiger partial charge in [0.1, 0.15) is 5.75 Å². The summed E-state index contributed by atoms with van der Waals surface area (Å²) in [6.45, 7) is 4.37. The van der Waals surface area contributed by atoms with Crippen LogP contribution >= 0.6 is 0 Å². The van der Waals surface area contributed by atoms with Crippen molar-refractivity contribution in [2.75, 3.05) is 20.2 Å². The van der Waals surface area contributed by atoms with Crippen LogP contribution in [0.25, 0.3) is 0 Å². The highest BCUT2D eigenvalue weighted by atomic mass is 16.5. The molecule has 4 nitrogen and oxygen atoms in total. The lowest BCUT2D eigenvalue weighted by Crippen LogP contribution is -2.31. The average Bonchev–Trinajstić information content (AvgIpc) is 2.64. The van der Waals surface area contributed by atoms with Gasteiger partial charge in [0.15, 0.2) is 0 Å². The highest BCUT2D eigenvalue weighted by Crippen LogP contribution is 2.23. The van der Waals surface area contributed by atoms with Gasteiger partial charge in [-0.3, -0.25) is 4.79 Å². The maximum atomic E-state index is 12.4. The van der Waals surface area contributed by atoms with Crippen LogP contribution in [0.5, 0.6) is 5.75 Å². The van der Waals surface area contributed by atoms with Crippen LogP contribution in [0.1, 0.15) is 63.5 Å². The number of unbranched alkanes of at least 4 members (excludes halogenated alkanes) is 1. The lowest BCUT2D eigenvalue weighted by molar-refractivity contribution is -0.122. The second-order valence-corrected chi connectivity index (χ2v) is 6.77. The van der Waals surface area contributed by atoms with E-state index in [9.17, 15) is 4.79 Å². The fraction of sp³-hybridized carbons (Fsp3) is 0.650. The van der Waals surface area contributed by atoms with Crippen LogP contribution in [0, 0.1) is 5.92 Å². The number of carbonyl (C=O) groups is 1. The number of piperidine rings is 1. The Balaban J connectivity index is 1.87. The molecule has 0 saturated carbocycles. The van der Waals surface area contributed by atoms with Crippen molar-refractivity contribution in [1.82, 2.24) is 10.6 Å². The van der Waals surface area contributed by atoms with Gasteiger partial charge < -0.3 is 15.4 Å². The zero-order chi connectivity index (χ0) is 17.2. The van der Waals surface area contributed by atoms with Crippen molar-refractivity contribution in [3.05, 3.63) is 29.8 Å². The molecule has 134 valence electrons. The Morgan fingerprint density at radius 2 is 2.00 bits per heavy atom. The number of rotatable bonds is 9. The largest absolute Gasteiger partial charge is 0.497 e. The van der Waals surface area contributed by atoms with Crippen LogP contribution in [0.3, 0.4) is 0 Å². The first-order valence-electron chi connectivity index (χ1n) is 9.37. The van der Waals surface area contributed by atoms with Crippen LogP contribution in [0.15, 0.2) is 24.3 Å². The first kappa shape index (κ1) is 18.8. The molecule has 4 heteroatoms. The van der Waals surface area contributed by atoms with E-state index in [1.54, 1.807) is 7.11 Å². The fourth-order valence-electron chi connectivity index (χ4n) is 3.34. The minimum atomic E-state index is 0.108. The zero-order valence-electron chi connectivity index (χ0n) is 15.1. The number of amides is 1. The Hall–Kier alpha value is -1.55. The van der Waals surface area contributed by atoms with Crippen LogP contribution in [0.4, 0.5) is 0 Å². The van der Waals surface area contributed by atoms with Gasteiger partial charge in [-0.05, 0) is 62.4 Å². The highest BCUT2D eigenvalue weighted by Gasteiger charge is 2.17. The molecule has 2 N–H and O–H groups in total. The number of hydrogen-bond donors (Lipinski definition) is 2. The number of benzene rings is 1. The van der Waals surface area contributed by atoms with Gasteiger partial charge in [-0.15, -0.1) is 0 Å². The van der Waals surface area contributed by atoms with Crippen LogP contribution in [-0.4, -0.2) is 26.1 Å². The summed E-state index contributed by atoms with van der Waals surface area (Å²) in [7, 11) is 1.67. The van der Waals surface area contributed by atoms with Crippen molar-refractivity contribution >= 4 is 5.91 Å². The summed E-state index contributed by atoms with van der Waals surface area (Å²) in [6.07, 6.45) is 7.29. The maximum absolute atomic E-state index is 12.4. The Morgan fingerprint density at radius 3 is 2.62 bits per heavy atom. The van der Waals surface area contributed by atoms with E-state index in [-0.39, 0.29) is 11.9 Å². The number of hydrogen-bond acceptors (Lipinski definition) is 3. The molecule has 1 saturated heterocycles. The molecule has 1 unspecified atom stereocenters. The predicted octanol–water partition coefficient (Wildman–Crippen LogP) is 3.82. The lowest BCUT2D eigenvalue weighted by Gasteiger charge is -2.23. The summed E-state index contributed by atoms with van der Waals surface area (Å²) in [4.78, 5) is 12.4.